The summed E-state index contributed by atoms with van der Waals surface area (Å²) < 4.78 is 2.21. The molecule has 20 heavy (non-hydrogen) atoms. The number of nitrogens with zero attached hydrogens (tertiary/aromatic N) is 2. The van der Waals surface area contributed by atoms with Crippen LogP contribution in [-0.2, 0) is 6.54 Å². The van der Waals surface area contributed by atoms with Crippen LogP contribution in [0.4, 0.5) is 10.5 Å². The van der Waals surface area contributed by atoms with Gasteiger partial charge in [-0.25, -0.2) is 4.79 Å². The van der Waals surface area contributed by atoms with Gasteiger partial charge in [0.25, 0.3) is 0 Å². The number of carbonyl (C=O) groups is 1. The molecule has 2 heterocycles. The zero-order chi connectivity index (χ0) is 14.1. The molecule has 104 valence electrons. The van der Waals surface area contributed by atoms with Crippen LogP contribution in [0, 0.1) is 6.92 Å². The van der Waals surface area contributed by atoms with Gasteiger partial charge in [-0.3, -0.25) is 0 Å². The number of anilines is 1. The Labute approximate surface area is 119 Å². The molecule has 0 radical (unpaired) electrons. The van der Waals surface area contributed by atoms with E-state index in [2.05, 4.69) is 29.1 Å². The highest BCUT2D eigenvalue weighted by atomic mass is 16.2. The Bertz CT molecular complexity index is 615. The first-order chi connectivity index (χ1) is 9.65. The molecular formula is C16H19N3O. The van der Waals surface area contributed by atoms with Crippen molar-refractivity contribution in [2.24, 2.45) is 0 Å². The van der Waals surface area contributed by atoms with E-state index >= 15 is 0 Å². The minimum Gasteiger partial charge on any atom is -0.348 e. The third-order valence-electron chi connectivity index (χ3n) is 3.91. The van der Waals surface area contributed by atoms with Gasteiger partial charge in [0.15, 0.2) is 0 Å². The topological polar surface area (TPSA) is 37.3 Å². The largest absolute Gasteiger partial charge is 0.348 e. The van der Waals surface area contributed by atoms with Crippen molar-refractivity contribution in [3.8, 4) is 0 Å². The highest BCUT2D eigenvalue weighted by molar-refractivity contribution is 5.89. The number of fused-ring (bicyclic) bond motifs is 1. The SMILES string of the molecule is Cc1ccc(NC(=O)N2CCn3cccc3[C@H]2C)cc1. The van der Waals surface area contributed by atoms with Gasteiger partial charge in [-0.2, -0.15) is 0 Å². The number of rotatable bonds is 1. The van der Waals surface area contributed by atoms with Crippen LogP contribution in [0.3, 0.4) is 0 Å². The van der Waals surface area contributed by atoms with Crippen LogP contribution in [-0.4, -0.2) is 22.0 Å². The number of amides is 2. The first-order valence-electron chi connectivity index (χ1n) is 6.94. The normalized spacial score (nSPS) is 17.7. The molecule has 2 amide bonds. The van der Waals surface area contributed by atoms with Gasteiger partial charge in [0.2, 0.25) is 0 Å². The Balaban J connectivity index is 1.73. The molecule has 4 nitrogen and oxygen atoms in total. The highest BCUT2D eigenvalue weighted by Gasteiger charge is 2.27. The van der Waals surface area contributed by atoms with E-state index in [0.717, 1.165) is 18.8 Å². The number of aromatic nitrogens is 1. The lowest BCUT2D eigenvalue weighted by Gasteiger charge is -2.34. The predicted octanol–water partition coefficient (Wildman–Crippen LogP) is 3.41. The van der Waals surface area contributed by atoms with E-state index < -0.39 is 0 Å². The van der Waals surface area contributed by atoms with Crippen molar-refractivity contribution in [2.45, 2.75) is 26.4 Å². The maximum atomic E-state index is 12.4. The molecule has 1 aliphatic rings. The summed E-state index contributed by atoms with van der Waals surface area (Å²) in [6.07, 6.45) is 2.07. The lowest BCUT2D eigenvalue weighted by atomic mass is 10.1. The van der Waals surface area contributed by atoms with Crippen molar-refractivity contribution >= 4 is 11.7 Å². The number of urea groups is 1. The van der Waals surface area contributed by atoms with Crippen molar-refractivity contribution in [1.82, 2.24) is 9.47 Å². The van der Waals surface area contributed by atoms with Crippen LogP contribution in [0.2, 0.25) is 0 Å². The quantitative estimate of drug-likeness (QED) is 0.846. The molecule has 0 unspecified atom stereocenters. The van der Waals surface area contributed by atoms with E-state index in [4.69, 9.17) is 0 Å². The Kier molecular flexibility index (Phi) is 3.22. The molecule has 0 fully saturated rings. The van der Waals surface area contributed by atoms with Crippen LogP contribution in [0.15, 0.2) is 42.6 Å². The predicted molar refractivity (Wildman–Crippen MR) is 79.8 cm³/mol. The minimum atomic E-state index is -0.0335. The van der Waals surface area contributed by atoms with Crippen LogP contribution in [0.5, 0.6) is 0 Å². The van der Waals surface area contributed by atoms with Crippen molar-refractivity contribution in [3.05, 3.63) is 53.9 Å². The van der Waals surface area contributed by atoms with Gasteiger partial charge in [-0.1, -0.05) is 17.7 Å². The van der Waals surface area contributed by atoms with E-state index in [1.807, 2.05) is 42.2 Å². The van der Waals surface area contributed by atoms with Gasteiger partial charge in [0.1, 0.15) is 0 Å². The zero-order valence-electron chi connectivity index (χ0n) is 11.8. The molecule has 1 N–H and O–H groups in total. The molecule has 0 saturated heterocycles. The van der Waals surface area contributed by atoms with Crippen LogP contribution < -0.4 is 5.32 Å². The minimum absolute atomic E-state index is 0.0335. The molecule has 4 heteroatoms. The Morgan fingerprint density at radius 2 is 1.95 bits per heavy atom. The maximum absolute atomic E-state index is 12.4. The van der Waals surface area contributed by atoms with Crippen LogP contribution >= 0.6 is 0 Å². The molecule has 0 saturated carbocycles. The second kappa shape index (κ2) is 5.04. The van der Waals surface area contributed by atoms with E-state index in [9.17, 15) is 4.79 Å². The summed E-state index contributed by atoms with van der Waals surface area (Å²) in [5.41, 5.74) is 3.22. The first kappa shape index (κ1) is 12.8. The fraction of sp³-hybridized carbons (Fsp3) is 0.312. The number of hydrogen-bond donors (Lipinski definition) is 1. The van der Waals surface area contributed by atoms with Crippen molar-refractivity contribution in [1.29, 1.82) is 0 Å². The highest BCUT2D eigenvalue weighted by Crippen LogP contribution is 2.25. The smallest absolute Gasteiger partial charge is 0.322 e. The summed E-state index contributed by atoms with van der Waals surface area (Å²) in [6.45, 7) is 5.70. The fourth-order valence-electron chi connectivity index (χ4n) is 2.69. The molecule has 0 spiro atoms. The number of hydrogen-bond acceptors (Lipinski definition) is 1. The summed E-state index contributed by atoms with van der Waals surface area (Å²) in [4.78, 5) is 14.3. The number of carbonyl (C=O) groups excluding carboxylic acids is 1. The monoisotopic (exact) mass is 269 g/mol. The van der Waals surface area contributed by atoms with E-state index in [1.165, 1.54) is 11.3 Å². The zero-order valence-corrected chi connectivity index (χ0v) is 11.8. The molecule has 3 rings (SSSR count). The van der Waals surface area contributed by atoms with Crippen LogP contribution in [0.1, 0.15) is 24.2 Å². The molecule has 1 aliphatic heterocycles. The average molecular weight is 269 g/mol. The van der Waals surface area contributed by atoms with E-state index in [1.54, 1.807) is 0 Å². The lowest BCUT2D eigenvalue weighted by molar-refractivity contribution is 0.175. The standard InChI is InChI=1S/C16H19N3O/c1-12-5-7-14(8-6-12)17-16(20)19-11-10-18-9-3-4-15(18)13(19)2/h3-9,13H,10-11H2,1-2H3,(H,17,20)/t13-/m1/s1. The van der Waals surface area contributed by atoms with E-state index in [-0.39, 0.29) is 12.1 Å². The van der Waals surface area contributed by atoms with E-state index in [0.29, 0.717) is 0 Å². The Hall–Kier alpha value is -2.23. The van der Waals surface area contributed by atoms with Gasteiger partial charge in [-0.05, 0) is 38.1 Å². The fourth-order valence-corrected chi connectivity index (χ4v) is 2.69. The summed E-state index contributed by atoms with van der Waals surface area (Å²) in [6, 6.07) is 12.1. The molecule has 1 atom stereocenters. The second-order valence-corrected chi connectivity index (χ2v) is 5.29. The van der Waals surface area contributed by atoms with Crippen molar-refractivity contribution < 1.29 is 4.79 Å². The van der Waals surface area contributed by atoms with Gasteiger partial charge in [0.05, 0.1) is 6.04 Å². The van der Waals surface area contributed by atoms with Crippen molar-refractivity contribution in [3.63, 3.8) is 0 Å². The number of aryl methyl sites for hydroxylation is 1. The molecule has 0 bridgehead atoms. The molecule has 0 aliphatic carbocycles. The summed E-state index contributed by atoms with van der Waals surface area (Å²) >= 11 is 0. The van der Waals surface area contributed by atoms with Crippen molar-refractivity contribution in [2.75, 3.05) is 11.9 Å². The van der Waals surface area contributed by atoms with Gasteiger partial charge in [0, 0.05) is 30.7 Å². The Morgan fingerprint density at radius 3 is 2.70 bits per heavy atom. The second-order valence-electron chi connectivity index (χ2n) is 5.29. The third-order valence-corrected chi connectivity index (χ3v) is 3.91. The van der Waals surface area contributed by atoms with Gasteiger partial charge < -0.3 is 14.8 Å². The van der Waals surface area contributed by atoms with Crippen LogP contribution in [0.25, 0.3) is 0 Å². The first-order valence-corrected chi connectivity index (χ1v) is 6.94. The summed E-state index contributed by atoms with van der Waals surface area (Å²) in [5.74, 6) is 0. The Morgan fingerprint density at radius 1 is 1.20 bits per heavy atom. The summed E-state index contributed by atoms with van der Waals surface area (Å²) in [7, 11) is 0. The van der Waals surface area contributed by atoms with Gasteiger partial charge in [-0.15, -0.1) is 0 Å². The lowest BCUT2D eigenvalue weighted by Crippen LogP contribution is -2.42. The maximum Gasteiger partial charge on any atom is 0.322 e. The number of benzene rings is 1. The molecule has 2 aromatic rings. The molecular weight excluding hydrogens is 250 g/mol. The number of nitrogens with one attached hydrogen (secondary N) is 1. The molecule has 1 aromatic carbocycles. The third kappa shape index (κ3) is 2.29. The average Bonchev–Trinajstić information content (AvgIpc) is 2.91. The molecule has 1 aromatic heterocycles. The van der Waals surface area contributed by atoms with Gasteiger partial charge >= 0.3 is 6.03 Å². The summed E-state index contributed by atoms with van der Waals surface area (Å²) in [5, 5.41) is 2.97.